The van der Waals surface area contributed by atoms with Gasteiger partial charge in [-0.15, -0.1) is 0 Å². The van der Waals surface area contributed by atoms with Crippen LogP contribution >= 0.6 is 0 Å². The van der Waals surface area contributed by atoms with Crippen LogP contribution in [-0.4, -0.2) is 47.5 Å². The van der Waals surface area contributed by atoms with Gasteiger partial charge in [-0.25, -0.2) is 0 Å². The first-order valence-electron chi connectivity index (χ1n) is 8.43. The third kappa shape index (κ3) is 5.61. The highest BCUT2D eigenvalue weighted by Crippen LogP contribution is 2.32. The number of carbonyl (C=O) groups excluding carboxylic acids is 2. The summed E-state index contributed by atoms with van der Waals surface area (Å²) >= 11 is 0. The summed E-state index contributed by atoms with van der Waals surface area (Å²) in [4.78, 5) is 28.2. The predicted octanol–water partition coefficient (Wildman–Crippen LogP) is 2.79. The summed E-state index contributed by atoms with van der Waals surface area (Å²) in [5.41, 5.74) is -0.431. The van der Waals surface area contributed by atoms with Crippen molar-refractivity contribution in [2.45, 2.75) is 38.3 Å². The van der Waals surface area contributed by atoms with Gasteiger partial charge >= 0.3 is 12.1 Å². The molecule has 2 rings (SSSR count). The zero-order chi connectivity index (χ0) is 20.2. The summed E-state index contributed by atoms with van der Waals surface area (Å²) in [5, 5.41) is 2.15. The van der Waals surface area contributed by atoms with E-state index >= 15 is 0 Å². The second kappa shape index (κ2) is 8.18. The molecule has 1 N–H and O–H groups in total. The zero-order valence-electron chi connectivity index (χ0n) is 14.7. The molecule has 1 aliphatic rings. The second-order valence-corrected chi connectivity index (χ2v) is 6.60. The van der Waals surface area contributed by atoms with E-state index in [-0.39, 0.29) is 31.1 Å². The van der Waals surface area contributed by atoms with Gasteiger partial charge in [-0.2, -0.15) is 22.0 Å². The lowest BCUT2D eigenvalue weighted by Crippen LogP contribution is -2.49. The summed E-state index contributed by atoms with van der Waals surface area (Å²) in [7, 11) is 0. The van der Waals surface area contributed by atoms with Crippen LogP contribution in [0.5, 0.6) is 0 Å². The summed E-state index contributed by atoms with van der Waals surface area (Å²) in [6.07, 6.45) is -4.09. The molecule has 2 heterocycles. The molecule has 150 valence electrons. The van der Waals surface area contributed by atoms with Gasteiger partial charge in [-0.1, -0.05) is 6.07 Å². The molecule has 1 unspecified atom stereocenters. The number of nitrogens with zero attached hydrogens (tertiary/aromatic N) is 2. The lowest BCUT2D eigenvalue weighted by molar-refractivity contribution is -0.161. The maximum Gasteiger partial charge on any atom is 0.397 e. The molecule has 10 heteroatoms. The second-order valence-electron chi connectivity index (χ2n) is 6.60. The van der Waals surface area contributed by atoms with Gasteiger partial charge in [0.1, 0.15) is 12.1 Å². The van der Waals surface area contributed by atoms with Crippen molar-refractivity contribution in [1.82, 2.24) is 15.2 Å². The van der Waals surface area contributed by atoms with Crippen molar-refractivity contribution < 1.29 is 31.5 Å². The molecule has 1 aromatic rings. The lowest BCUT2D eigenvalue weighted by Gasteiger charge is -2.34. The molecular formula is C17H20F5N3O2. The van der Waals surface area contributed by atoms with Gasteiger partial charge in [-0.05, 0) is 37.3 Å². The van der Waals surface area contributed by atoms with E-state index in [9.17, 15) is 31.5 Å². The highest BCUT2D eigenvalue weighted by atomic mass is 19.4. The molecule has 1 aromatic heterocycles. The van der Waals surface area contributed by atoms with Gasteiger partial charge in [0, 0.05) is 25.8 Å². The first kappa shape index (κ1) is 21.0. The van der Waals surface area contributed by atoms with E-state index in [1.807, 2.05) is 0 Å². The van der Waals surface area contributed by atoms with Crippen LogP contribution in [0, 0.1) is 12.8 Å². The minimum absolute atomic E-state index is 0.0629. The molecule has 1 aliphatic heterocycles. The Kier molecular flexibility index (Phi) is 6.38. The van der Waals surface area contributed by atoms with Crippen LogP contribution in [-0.2, 0) is 15.5 Å². The third-order valence-corrected chi connectivity index (χ3v) is 4.33. The van der Waals surface area contributed by atoms with Gasteiger partial charge in [-0.3, -0.25) is 14.6 Å². The molecule has 0 aromatic carbocycles. The molecule has 5 nitrogen and oxygen atoms in total. The molecule has 1 fully saturated rings. The first-order chi connectivity index (χ1) is 12.5. The SMILES string of the molecule is Cc1cccnc1C(F)(F)C(=O)N1CCCC(CNC(=O)CC(F)(F)F)C1. The number of halogens is 5. The number of hydrogen-bond acceptors (Lipinski definition) is 3. The Labute approximate surface area is 152 Å². The number of aryl methyl sites for hydroxylation is 1. The Bertz CT molecular complexity index is 693. The number of nitrogens with one attached hydrogen (secondary N) is 1. The Morgan fingerprint density at radius 3 is 2.63 bits per heavy atom. The number of piperidine rings is 1. The van der Waals surface area contributed by atoms with Gasteiger partial charge in [0.05, 0.1) is 0 Å². The number of aromatic nitrogens is 1. The van der Waals surface area contributed by atoms with Gasteiger partial charge < -0.3 is 10.2 Å². The maximum absolute atomic E-state index is 14.6. The summed E-state index contributed by atoms with van der Waals surface area (Å²) in [6.45, 7) is 1.38. The molecule has 0 radical (unpaired) electrons. The van der Waals surface area contributed by atoms with Gasteiger partial charge in [0.25, 0.3) is 5.91 Å². The average molecular weight is 393 g/mol. The van der Waals surface area contributed by atoms with E-state index in [4.69, 9.17) is 0 Å². The maximum atomic E-state index is 14.6. The number of alkyl halides is 5. The normalized spacial score (nSPS) is 18.3. The van der Waals surface area contributed by atoms with Gasteiger partial charge in [0.15, 0.2) is 0 Å². The van der Waals surface area contributed by atoms with Crippen molar-refractivity contribution in [2.24, 2.45) is 5.92 Å². The zero-order valence-corrected chi connectivity index (χ0v) is 14.7. The van der Waals surface area contributed by atoms with Crippen LogP contribution in [0.2, 0.25) is 0 Å². The molecule has 27 heavy (non-hydrogen) atoms. The van der Waals surface area contributed by atoms with Crippen molar-refractivity contribution in [1.29, 1.82) is 0 Å². The minimum atomic E-state index is -4.61. The molecule has 0 spiro atoms. The minimum Gasteiger partial charge on any atom is -0.355 e. The molecule has 0 bridgehead atoms. The Hall–Kier alpha value is -2.26. The number of hydrogen-bond donors (Lipinski definition) is 1. The van der Waals surface area contributed by atoms with Crippen LogP contribution in [0.3, 0.4) is 0 Å². The molecule has 0 saturated carbocycles. The number of rotatable bonds is 5. The summed E-state index contributed by atoms with van der Waals surface area (Å²) in [6, 6.07) is 2.92. The topological polar surface area (TPSA) is 62.3 Å². The Morgan fingerprint density at radius 1 is 1.30 bits per heavy atom. The monoisotopic (exact) mass is 393 g/mol. The fraction of sp³-hybridized carbons (Fsp3) is 0.588. The van der Waals surface area contributed by atoms with Crippen molar-refractivity contribution in [3.8, 4) is 0 Å². The van der Waals surface area contributed by atoms with Gasteiger partial charge in [0.2, 0.25) is 5.91 Å². The summed E-state index contributed by atoms with van der Waals surface area (Å²) in [5.74, 6) is -6.76. The fourth-order valence-corrected chi connectivity index (χ4v) is 3.03. The molecule has 0 aliphatic carbocycles. The molecule has 1 atom stereocenters. The fourth-order valence-electron chi connectivity index (χ4n) is 3.03. The highest BCUT2D eigenvalue weighted by Gasteiger charge is 2.47. The van der Waals surface area contributed by atoms with E-state index < -0.39 is 36.0 Å². The molecule has 1 saturated heterocycles. The smallest absolute Gasteiger partial charge is 0.355 e. The Morgan fingerprint density at radius 2 is 2.00 bits per heavy atom. The van der Waals surface area contributed by atoms with Crippen LogP contribution in [0.15, 0.2) is 18.3 Å². The van der Waals surface area contributed by atoms with Crippen LogP contribution in [0.4, 0.5) is 22.0 Å². The molecular weight excluding hydrogens is 373 g/mol. The number of pyridine rings is 1. The third-order valence-electron chi connectivity index (χ3n) is 4.33. The van der Waals surface area contributed by atoms with Crippen LogP contribution < -0.4 is 5.32 Å². The quantitative estimate of drug-likeness (QED) is 0.783. The van der Waals surface area contributed by atoms with Crippen LogP contribution in [0.25, 0.3) is 0 Å². The average Bonchev–Trinajstić information content (AvgIpc) is 2.58. The predicted molar refractivity (Wildman–Crippen MR) is 85.9 cm³/mol. The highest BCUT2D eigenvalue weighted by molar-refractivity contribution is 5.84. The number of likely N-dealkylation sites (tertiary alicyclic amines) is 1. The van der Waals surface area contributed by atoms with Crippen molar-refractivity contribution in [3.05, 3.63) is 29.6 Å². The van der Waals surface area contributed by atoms with E-state index in [2.05, 4.69) is 10.3 Å². The number of carbonyl (C=O) groups is 2. The van der Waals surface area contributed by atoms with Crippen molar-refractivity contribution in [3.63, 3.8) is 0 Å². The summed E-state index contributed by atoms with van der Waals surface area (Å²) < 4.78 is 65.6. The number of amides is 2. The lowest BCUT2D eigenvalue weighted by atomic mass is 9.96. The molecule has 2 amide bonds. The first-order valence-corrected chi connectivity index (χ1v) is 8.43. The Balaban J connectivity index is 1.98. The standard InChI is InChI=1S/C17H20F5N3O2/c1-11-4-2-6-23-14(11)17(21,22)15(27)25-7-3-5-12(10-25)9-24-13(26)8-16(18,19)20/h2,4,6,12H,3,5,7-10H2,1H3,(H,24,26). The van der Waals surface area contributed by atoms with Crippen molar-refractivity contribution >= 4 is 11.8 Å². The van der Waals surface area contributed by atoms with Crippen molar-refractivity contribution in [2.75, 3.05) is 19.6 Å². The largest absolute Gasteiger partial charge is 0.397 e. The van der Waals surface area contributed by atoms with E-state index in [0.717, 1.165) is 4.90 Å². The van der Waals surface area contributed by atoms with Crippen LogP contribution in [0.1, 0.15) is 30.5 Å². The van der Waals surface area contributed by atoms with E-state index in [1.54, 1.807) is 0 Å². The van der Waals surface area contributed by atoms with E-state index in [0.29, 0.717) is 12.8 Å². The van der Waals surface area contributed by atoms with E-state index in [1.165, 1.54) is 25.3 Å².